The summed E-state index contributed by atoms with van der Waals surface area (Å²) in [5, 5.41) is 0.443. The Kier molecular flexibility index (Phi) is 4.97. The van der Waals surface area contributed by atoms with E-state index in [1.807, 2.05) is 4.72 Å². The monoisotopic (exact) mass is 448 g/mol. The third kappa shape index (κ3) is 3.75. The van der Waals surface area contributed by atoms with Crippen LogP contribution in [-0.2, 0) is 10.0 Å². The highest BCUT2D eigenvalue weighted by Gasteiger charge is 2.25. The van der Waals surface area contributed by atoms with Gasteiger partial charge >= 0.3 is 0 Å². The van der Waals surface area contributed by atoms with Crippen LogP contribution in [0.15, 0.2) is 59.6 Å². The second-order valence-corrected chi connectivity index (χ2v) is 8.09. The summed E-state index contributed by atoms with van der Waals surface area (Å²) >= 11 is 0. The molecular formula is C20H12F4N4O2S. The van der Waals surface area contributed by atoms with E-state index in [2.05, 4.69) is 9.97 Å². The zero-order chi connectivity index (χ0) is 22.3. The summed E-state index contributed by atoms with van der Waals surface area (Å²) in [4.78, 5) is 6.80. The van der Waals surface area contributed by atoms with E-state index in [9.17, 15) is 21.6 Å². The van der Waals surface area contributed by atoms with Crippen LogP contribution in [-0.4, -0.2) is 18.4 Å². The molecule has 0 aliphatic carbocycles. The number of rotatable bonds is 4. The second-order valence-electron chi connectivity index (χ2n) is 6.44. The first-order chi connectivity index (χ1) is 14.7. The van der Waals surface area contributed by atoms with Crippen molar-refractivity contribution in [2.45, 2.75) is 4.90 Å². The van der Waals surface area contributed by atoms with Crippen molar-refractivity contribution < 1.29 is 26.0 Å². The Morgan fingerprint density at radius 3 is 2.45 bits per heavy atom. The van der Waals surface area contributed by atoms with Crippen LogP contribution in [0, 0.1) is 23.3 Å². The van der Waals surface area contributed by atoms with Crippen molar-refractivity contribution >= 4 is 32.6 Å². The van der Waals surface area contributed by atoms with E-state index in [0.717, 1.165) is 30.3 Å². The standard InChI is InChI=1S/C20H12F4N4O2S/c21-12-5-7-15(28-31(29,30)16-3-1-2-13(22)18(16)23)19(24)17(12)10-4-6-14-11(8-10)9-26-20(25)27-14/h1-9,28H,(H2,25,26,27). The molecule has 0 aliphatic rings. The Morgan fingerprint density at radius 2 is 1.68 bits per heavy atom. The third-order valence-corrected chi connectivity index (χ3v) is 5.81. The Labute approximate surface area is 173 Å². The molecule has 0 spiro atoms. The minimum absolute atomic E-state index is 0.0265. The molecule has 0 fully saturated rings. The summed E-state index contributed by atoms with van der Waals surface area (Å²) in [5.41, 5.74) is 4.85. The van der Waals surface area contributed by atoms with Gasteiger partial charge in [-0.1, -0.05) is 12.1 Å². The van der Waals surface area contributed by atoms with Crippen LogP contribution in [0.25, 0.3) is 22.0 Å². The molecule has 3 N–H and O–H groups in total. The summed E-state index contributed by atoms with van der Waals surface area (Å²) in [5.74, 6) is -5.18. The van der Waals surface area contributed by atoms with Crippen LogP contribution in [0.4, 0.5) is 29.2 Å². The summed E-state index contributed by atoms with van der Waals surface area (Å²) in [6.07, 6.45) is 1.37. The molecule has 0 unspecified atom stereocenters. The minimum Gasteiger partial charge on any atom is -0.368 e. The summed E-state index contributed by atoms with van der Waals surface area (Å²) in [6.45, 7) is 0. The molecule has 0 saturated carbocycles. The van der Waals surface area contributed by atoms with Crippen LogP contribution in [0.5, 0.6) is 0 Å². The second kappa shape index (κ2) is 7.51. The maximum Gasteiger partial charge on any atom is 0.265 e. The molecular weight excluding hydrogens is 436 g/mol. The molecule has 1 aromatic heterocycles. The molecule has 0 atom stereocenters. The van der Waals surface area contributed by atoms with Gasteiger partial charge < -0.3 is 5.73 Å². The van der Waals surface area contributed by atoms with Gasteiger partial charge in [0.2, 0.25) is 5.95 Å². The van der Waals surface area contributed by atoms with E-state index in [1.54, 1.807) is 0 Å². The molecule has 0 bridgehead atoms. The van der Waals surface area contributed by atoms with E-state index in [1.165, 1.54) is 24.4 Å². The first-order valence-electron chi connectivity index (χ1n) is 8.65. The lowest BCUT2D eigenvalue weighted by atomic mass is 10.0. The van der Waals surface area contributed by atoms with E-state index >= 15 is 4.39 Å². The number of anilines is 2. The average molecular weight is 448 g/mol. The highest BCUT2D eigenvalue weighted by Crippen LogP contribution is 2.33. The van der Waals surface area contributed by atoms with Crippen LogP contribution in [0.2, 0.25) is 0 Å². The molecule has 0 aliphatic heterocycles. The van der Waals surface area contributed by atoms with E-state index in [4.69, 9.17) is 5.73 Å². The van der Waals surface area contributed by atoms with Gasteiger partial charge in [0.1, 0.15) is 10.7 Å². The van der Waals surface area contributed by atoms with Gasteiger partial charge in [0.05, 0.1) is 16.8 Å². The van der Waals surface area contributed by atoms with Crippen LogP contribution >= 0.6 is 0 Å². The first-order valence-corrected chi connectivity index (χ1v) is 10.1. The quantitative estimate of drug-likeness (QED) is 0.455. The predicted octanol–water partition coefficient (Wildman–Crippen LogP) is 4.24. The fourth-order valence-corrected chi connectivity index (χ4v) is 4.14. The van der Waals surface area contributed by atoms with Gasteiger partial charge in [0.25, 0.3) is 10.0 Å². The summed E-state index contributed by atoms with van der Waals surface area (Å²) in [7, 11) is -4.70. The van der Waals surface area contributed by atoms with Gasteiger partial charge in [-0.15, -0.1) is 0 Å². The number of hydrogen-bond donors (Lipinski definition) is 2. The smallest absolute Gasteiger partial charge is 0.265 e. The van der Waals surface area contributed by atoms with E-state index in [0.29, 0.717) is 10.9 Å². The number of halogens is 4. The number of aromatic nitrogens is 2. The summed E-state index contributed by atoms with van der Waals surface area (Å²) < 4.78 is 83.7. The summed E-state index contributed by atoms with van der Waals surface area (Å²) in [6, 6.07) is 8.49. The fraction of sp³-hybridized carbons (Fsp3) is 0. The Morgan fingerprint density at radius 1 is 0.903 bits per heavy atom. The molecule has 11 heteroatoms. The highest BCUT2D eigenvalue weighted by atomic mass is 32.2. The highest BCUT2D eigenvalue weighted by molar-refractivity contribution is 7.92. The van der Waals surface area contributed by atoms with Crippen LogP contribution in [0.1, 0.15) is 0 Å². The third-order valence-electron chi connectivity index (χ3n) is 4.43. The molecule has 1 heterocycles. The normalized spacial score (nSPS) is 11.6. The average Bonchev–Trinajstić information content (AvgIpc) is 2.72. The van der Waals surface area contributed by atoms with Gasteiger partial charge in [-0.2, -0.15) is 0 Å². The molecule has 0 radical (unpaired) electrons. The van der Waals surface area contributed by atoms with Crippen molar-refractivity contribution in [1.29, 1.82) is 0 Å². The number of nitrogen functional groups attached to an aromatic ring is 1. The molecule has 0 saturated heterocycles. The SMILES string of the molecule is Nc1ncc2cc(-c3c(F)ccc(NS(=O)(=O)c4cccc(F)c4F)c3F)ccc2n1. The number of benzene rings is 3. The molecule has 158 valence electrons. The Bertz CT molecular complexity index is 1450. The van der Waals surface area contributed by atoms with Crippen molar-refractivity contribution in [2.24, 2.45) is 0 Å². The Balaban J connectivity index is 1.80. The van der Waals surface area contributed by atoms with Gasteiger partial charge in [-0.3, -0.25) is 4.72 Å². The molecule has 3 aromatic carbocycles. The van der Waals surface area contributed by atoms with Crippen LogP contribution in [0.3, 0.4) is 0 Å². The van der Waals surface area contributed by atoms with Crippen LogP contribution < -0.4 is 10.5 Å². The van der Waals surface area contributed by atoms with Gasteiger partial charge in [-0.05, 0) is 42.0 Å². The lowest BCUT2D eigenvalue weighted by molar-refractivity contribution is 0.485. The minimum atomic E-state index is -4.70. The zero-order valence-electron chi connectivity index (χ0n) is 15.4. The van der Waals surface area contributed by atoms with Gasteiger partial charge in [0, 0.05) is 11.6 Å². The first kappa shape index (κ1) is 20.5. The molecule has 0 amide bonds. The van der Waals surface area contributed by atoms with Crippen molar-refractivity contribution in [3.63, 3.8) is 0 Å². The number of nitrogens with two attached hydrogens (primary N) is 1. The molecule has 31 heavy (non-hydrogen) atoms. The van der Waals surface area contributed by atoms with Gasteiger partial charge in [-0.25, -0.2) is 35.9 Å². The Hall–Kier alpha value is -3.73. The molecule has 4 aromatic rings. The van der Waals surface area contributed by atoms with Crippen molar-refractivity contribution in [1.82, 2.24) is 9.97 Å². The lowest BCUT2D eigenvalue weighted by Crippen LogP contribution is -2.16. The van der Waals surface area contributed by atoms with Gasteiger partial charge in [0.15, 0.2) is 17.5 Å². The number of nitrogens with zero attached hydrogens (tertiary/aromatic N) is 2. The molecule has 6 nitrogen and oxygen atoms in total. The zero-order valence-corrected chi connectivity index (χ0v) is 16.2. The largest absolute Gasteiger partial charge is 0.368 e. The number of hydrogen-bond acceptors (Lipinski definition) is 5. The maximum atomic E-state index is 15.1. The number of nitrogens with one attached hydrogen (secondary N) is 1. The predicted molar refractivity (Wildman–Crippen MR) is 106 cm³/mol. The van der Waals surface area contributed by atoms with E-state index in [-0.39, 0.29) is 11.5 Å². The maximum absolute atomic E-state index is 15.1. The fourth-order valence-electron chi connectivity index (χ4n) is 2.99. The topological polar surface area (TPSA) is 98.0 Å². The molecule has 4 rings (SSSR count). The van der Waals surface area contributed by atoms with Crippen molar-refractivity contribution in [3.8, 4) is 11.1 Å². The lowest BCUT2D eigenvalue weighted by Gasteiger charge is -2.13. The number of sulfonamides is 1. The van der Waals surface area contributed by atoms with E-state index < -0.39 is 49.4 Å². The number of fused-ring (bicyclic) bond motifs is 1. The van der Waals surface area contributed by atoms with Crippen molar-refractivity contribution in [3.05, 3.63) is 78.0 Å². The van der Waals surface area contributed by atoms with Crippen molar-refractivity contribution in [2.75, 3.05) is 10.5 Å².